The first-order valence-corrected chi connectivity index (χ1v) is 8.24. The lowest BCUT2D eigenvalue weighted by Gasteiger charge is -2.09. The highest BCUT2D eigenvalue weighted by molar-refractivity contribution is 7.14. The van der Waals surface area contributed by atoms with E-state index in [0.29, 0.717) is 11.6 Å². The van der Waals surface area contributed by atoms with Crippen LogP contribution in [0.4, 0.5) is 5.13 Å². The third-order valence-corrected chi connectivity index (χ3v) is 4.50. The maximum Gasteiger partial charge on any atom is 0.267 e. The summed E-state index contributed by atoms with van der Waals surface area (Å²) in [5.41, 5.74) is 2.96. The van der Waals surface area contributed by atoms with Gasteiger partial charge in [-0.05, 0) is 11.6 Å². The fourth-order valence-electron chi connectivity index (χ4n) is 2.59. The molecule has 0 fully saturated rings. The van der Waals surface area contributed by atoms with Crippen LogP contribution in [0.1, 0.15) is 5.56 Å². The van der Waals surface area contributed by atoms with Crippen LogP contribution in [0.25, 0.3) is 11.3 Å². The molecule has 5 heteroatoms. The molecule has 1 N–H and O–H groups in total. The second-order valence-corrected chi connectivity index (χ2v) is 6.17. The van der Waals surface area contributed by atoms with Gasteiger partial charge in [-0.2, -0.15) is 0 Å². The number of carbonyl (C=O) groups excluding carboxylic acids is 1. The van der Waals surface area contributed by atoms with E-state index in [-0.39, 0.29) is 5.91 Å². The fraction of sp³-hybridized carbons (Fsp3) is 0.111. The summed E-state index contributed by atoms with van der Waals surface area (Å²) >= 11 is 1.42. The zero-order valence-corrected chi connectivity index (χ0v) is 13.0. The number of aromatic nitrogens is 1. The number of hydrogen-bond acceptors (Lipinski definition) is 4. The normalized spacial score (nSPS) is 15.7. The Hall–Kier alpha value is -2.66. The summed E-state index contributed by atoms with van der Waals surface area (Å²) < 4.78 is 5.70. The van der Waals surface area contributed by atoms with E-state index in [1.54, 1.807) is 0 Å². The molecule has 1 atom stereocenters. The number of rotatable bonds is 3. The number of para-hydroxylation sites is 1. The van der Waals surface area contributed by atoms with Gasteiger partial charge in [-0.3, -0.25) is 10.1 Å². The first-order chi connectivity index (χ1) is 11.3. The Morgan fingerprint density at radius 1 is 1.13 bits per heavy atom. The number of nitrogens with one attached hydrogen (secondary N) is 1. The van der Waals surface area contributed by atoms with Crippen molar-refractivity contribution in [3.63, 3.8) is 0 Å². The van der Waals surface area contributed by atoms with Gasteiger partial charge in [0.25, 0.3) is 5.91 Å². The number of ether oxygens (including phenoxy) is 1. The number of anilines is 1. The van der Waals surface area contributed by atoms with Crippen LogP contribution in [0.15, 0.2) is 60.0 Å². The van der Waals surface area contributed by atoms with E-state index in [1.807, 2.05) is 60.0 Å². The van der Waals surface area contributed by atoms with Crippen molar-refractivity contribution in [2.45, 2.75) is 12.5 Å². The van der Waals surface area contributed by atoms with Crippen molar-refractivity contribution in [2.75, 3.05) is 5.32 Å². The number of carbonyl (C=O) groups is 1. The van der Waals surface area contributed by atoms with Crippen LogP contribution in [-0.2, 0) is 11.2 Å². The van der Waals surface area contributed by atoms with E-state index in [4.69, 9.17) is 4.74 Å². The van der Waals surface area contributed by atoms with Gasteiger partial charge in [-0.15, -0.1) is 11.3 Å². The van der Waals surface area contributed by atoms with Crippen LogP contribution in [0, 0.1) is 0 Å². The van der Waals surface area contributed by atoms with Crippen LogP contribution in [-0.4, -0.2) is 17.0 Å². The fourth-order valence-corrected chi connectivity index (χ4v) is 3.31. The number of fused-ring (bicyclic) bond motifs is 1. The third kappa shape index (κ3) is 2.83. The average Bonchev–Trinajstić information content (AvgIpc) is 3.22. The summed E-state index contributed by atoms with van der Waals surface area (Å²) in [5.74, 6) is 0.631. The quantitative estimate of drug-likeness (QED) is 0.799. The molecule has 0 saturated carbocycles. The first-order valence-electron chi connectivity index (χ1n) is 7.36. The molecule has 23 heavy (non-hydrogen) atoms. The van der Waals surface area contributed by atoms with Crippen molar-refractivity contribution in [1.82, 2.24) is 4.98 Å². The van der Waals surface area contributed by atoms with Crippen molar-refractivity contribution >= 4 is 22.4 Å². The summed E-state index contributed by atoms with van der Waals surface area (Å²) in [5, 5.41) is 5.38. The van der Waals surface area contributed by atoms with E-state index in [1.165, 1.54) is 11.3 Å². The number of thiazole rings is 1. The maximum absolute atomic E-state index is 12.4. The summed E-state index contributed by atoms with van der Waals surface area (Å²) in [4.78, 5) is 16.8. The second kappa shape index (κ2) is 5.85. The maximum atomic E-state index is 12.4. The summed E-state index contributed by atoms with van der Waals surface area (Å²) in [6.07, 6.45) is 0.107. The Labute approximate surface area is 137 Å². The lowest BCUT2D eigenvalue weighted by molar-refractivity contribution is -0.122. The summed E-state index contributed by atoms with van der Waals surface area (Å²) in [6.45, 7) is 0. The molecule has 1 amide bonds. The molecular formula is C18H14N2O2S. The van der Waals surface area contributed by atoms with E-state index in [2.05, 4.69) is 10.3 Å². The van der Waals surface area contributed by atoms with Crippen molar-refractivity contribution in [2.24, 2.45) is 0 Å². The number of hydrogen-bond donors (Lipinski definition) is 1. The molecule has 1 aliphatic heterocycles. The molecular weight excluding hydrogens is 308 g/mol. The predicted octanol–water partition coefficient (Wildman–Crippen LogP) is 3.75. The van der Waals surface area contributed by atoms with Gasteiger partial charge in [0.1, 0.15) is 5.75 Å². The Balaban J connectivity index is 1.45. The molecule has 0 aliphatic carbocycles. The minimum atomic E-state index is -0.489. The SMILES string of the molecule is O=C(Nc1nc(-c2ccccc2)cs1)C1Cc2ccccc2O1. The monoisotopic (exact) mass is 322 g/mol. The highest BCUT2D eigenvalue weighted by Crippen LogP contribution is 2.29. The number of benzene rings is 2. The van der Waals surface area contributed by atoms with Crippen LogP contribution in [0.3, 0.4) is 0 Å². The highest BCUT2D eigenvalue weighted by Gasteiger charge is 2.29. The largest absolute Gasteiger partial charge is 0.480 e. The molecule has 0 radical (unpaired) electrons. The zero-order chi connectivity index (χ0) is 15.6. The molecule has 4 nitrogen and oxygen atoms in total. The molecule has 4 rings (SSSR count). The van der Waals surface area contributed by atoms with E-state index in [0.717, 1.165) is 22.6 Å². The van der Waals surface area contributed by atoms with Crippen molar-refractivity contribution in [3.05, 3.63) is 65.5 Å². The Morgan fingerprint density at radius 2 is 1.91 bits per heavy atom. The molecule has 1 unspecified atom stereocenters. The smallest absolute Gasteiger partial charge is 0.267 e. The lowest BCUT2D eigenvalue weighted by atomic mass is 10.1. The molecule has 3 aromatic rings. The predicted molar refractivity (Wildman–Crippen MR) is 90.7 cm³/mol. The number of nitrogens with zero attached hydrogens (tertiary/aromatic N) is 1. The topological polar surface area (TPSA) is 51.2 Å². The molecule has 1 aliphatic rings. The third-order valence-electron chi connectivity index (χ3n) is 3.74. The Kier molecular flexibility index (Phi) is 3.55. The molecule has 0 bridgehead atoms. The Bertz CT molecular complexity index is 820. The minimum Gasteiger partial charge on any atom is -0.480 e. The lowest BCUT2D eigenvalue weighted by Crippen LogP contribution is -2.31. The second-order valence-electron chi connectivity index (χ2n) is 5.31. The van der Waals surface area contributed by atoms with Gasteiger partial charge < -0.3 is 4.74 Å². The van der Waals surface area contributed by atoms with Gasteiger partial charge in [0.15, 0.2) is 11.2 Å². The zero-order valence-electron chi connectivity index (χ0n) is 12.2. The highest BCUT2D eigenvalue weighted by atomic mass is 32.1. The van der Waals surface area contributed by atoms with Gasteiger partial charge in [0, 0.05) is 17.4 Å². The molecule has 0 spiro atoms. The van der Waals surface area contributed by atoms with Gasteiger partial charge in [0.05, 0.1) is 5.69 Å². The number of amides is 1. The Morgan fingerprint density at radius 3 is 2.74 bits per heavy atom. The molecule has 1 aromatic heterocycles. The van der Waals surface area contributed by atoms with E-state index in [9.17, 15) is 4.79 Å². The van der Waals surface area contributed by atoms with Gasteiger partial charge in [-0.25, -0.2) is 4.98 Å². The van der Waals surface area contributed by atoms with Gasteiger partial charge in [0.2, 0.25) is 0 Å². The molecule has 0 saturated heterocycles. The van der Waals surface area contributed by atoms with Gasteiger partial charge >= 0.3 is 0 Å². The van der Waals surface area contributed by atoms with Crippen LogP contribution < -0.4 is 10.1 Å². The molecule has 2 aromatic carbocycles. The molecule has 114 valence electrons. The van der Waals surface area contributed by atoms with E-state index >= 15 is 0 Å². The van der Waals surface area contributed by atoms with Gasteiger partial charge in [-0.1, -0.05) is 48.5 Å². The van der Waals surface area contributed by atoms with Crippen molar-refractivity contribution < 1.29 is 9.53 Å². The van der Waals surface area contributed by atoms with Crippen molar-refractivity contribution in [3.8, 4) is 17.0 Å². The van der Waals surface area contributed by atoms with Crippen LogP contribution >= 0.6 is 11.3 Å². The van der Waals surface area contributed by atoms with Crippen LogP contribution in [0.2, 0.25) is 0 Å². The first kappa shape index (κ1) is 14.0. The summed E-state index contributed by atoms with van der Waals surface area (Å²) in [7, 11) is 0. The van der Waals surface area contributed by atoms with Crippen molar-refractivity contribution in [1.29, 1.82) is 0 Å². The van der Waals surface area contributed by atoms with Crippen LogP contribution in [0.5, 0.6) is 5.75 Å². The molecule has 2 heterocycles. The average molecular weight is 322 g/mol. The standard InChI is InChI=1S/C18H14N2O2S/c21-17(16-10-13-8-4-5-9-15(13)22-16)20-18-19-14(11-23-18)12-6-2-1-3-7-12/h1-9,11,16H,10H2,(H,19,20,21). The summed E-state index contributed by atoms with van der Waals surface area (Å²) in [6, 6.07) is 17.6. The van der Waals surface area contributed by atoms with E-state index < -0.39 is 6.10 Å². The minimum absolute atomic E-state index is 0.157.